The lowest BCUT2D eigenvalue weighted by molar-refractivity contribution is 0.403. The molecule has 0 amide bonds. The van der Waals surface area contributed by atoms with Gasteiger partial charge in [0.2, 0.25) is 4.80 Å². The summed E-state index contributed by atoms with van der Waals surface area (Å²) in [6.45, 7) is 0. The second-order valence-electron chi connectivity index (χ2n) is 7.30. The third kappa shape index (κ3) is 4.26. The molecule has 30 heavy (non-hydrogen) atoms. The van der Waals surface area contributed by atoms with Gasteiger partial charge in [0, 0.05) is 16.5 Å². The van der Waals surface area contributed by atoms with Gasteiger partial charge in [0.1, 0.15) is 5.75 Å². The van der Waals surface area contributed by atoms with Crippen LogP contribution in [0.3, 0.4) is 0 Å². The number of methoxy groups -OCH3 is 1. The molecular weight excluding hydrogens is 398 g/mol. The zero-order chi connectivity index (χ0) is 20.9. The lowest BCUT2D eigenvalue weighted by Crippen LogP contribution is -2.19. The molecule has 2 N–H and O–H groups in total. The molecule has 4 rings (SSSR count). The number of aromatic hydroxyl groups is 2. The number of hydrogen-bond donors (Lipinski definition) is 2. The summed E-state index contributed by atoms with van der Waals surface area (Å²) >= 11 is 1.54. The Balaban J connectivity index is 1.82. The van der Waals surface area contributed by atoms with E-state index in [0.29, 0.717) is 11.6 Å². The standard InChI is InChI=1S/C23H25N3O3S/c1-29-21-13-6-5-11-18(21)19-15-30-23(25-17-9-3-2-4-10-17)26(19)24-14-16-8-7-12-20(27)22(16)28/h5-8,11-15,17,27-28H,2-4,9-10H2,1H3. The summed E-state index contributed by atoms with van der Waals surface area (Å²) in [6, 6.07) is 12.9. The van der Waals surface area contributed by atoms with Crippen molar-refractivity contribution in [3.8, 4) is 28.5 Å². The Kier molecular flexibility index (Phi) is 6.18. The van der Waals surface area contributed by atoms with Gasteiger partial charge in [-0.2, -0.15) is 5.10 Å². The molecule has 1 saturated carbocycles. The monoisotopic (exact) mass is 423 g/mol. The van der Waals surface area contributed by atoms with Crippen LogP contribution in [0, 0.1) is 0 Å². The van der Waals surface area contributed by atoms with Crippen molar-refractivity contribution in [1.29, 1.82) is 0 Å². The van der Waals surface area contributed by atoms with Crippen LogP contribution in [0.5, 0.6) is 17.2 Å². The summed E-state index contributed by atoms with van der Waals surface area (Å²) in [5.74, 6) is 0.386. The number of hydrogen-bond acceptors (Lipinski definition) is 6. The van der Waals surface area contributed by atoms with Gasteiger partial charge in [-0.3, -0.25) is 4.99 Å². The highest BCUT2D eigenvalue weighted by atomic mass is 32.1. The van der Waals surface area contributed by atoms with E-state index in [1.807, 2.05) is 29.6 Å². The molecule has 1 aromatic heterocycles. The van der Waals surface area contributed by atoms with Gasteiger partial charge in [-0.05, 0) is 37.1 Å². The van der Waals surface area contributed by atoms with Crippen molar-refractivity contribution >= 4 is 17.6 Å². The number of ether oxygens (including phenoxy) is 1. The van der Waals surface area contributed by atoms with Crippen LogP contribution in [0.4, 0.5) is 0 Å². The van der Waals surface area contributed by atoms with Crippen LogP contribution >= 0.6 is 11.3 Å². The molecule has 0 atom stereocenters. The van der Waals surface area contributed by atoms with Crippen LogP contribution in [0.2, 0.25) is 0 Å². The summed E-state index contributed by atoms with van der Waals surface area (Å²) in [4.78, 5) is 5.79. The van der Waals surface area contributed by atoms with Crippen molar-refractivity contribution in [3.05, 3.63) is 58.2 Å². The highest BCUT2D eigenvalue weighted by molar-refractivity contribution is 7.07. The number of thiazole rings is 1. The average molecular weight is 424 g/mol. The molecule has 0 bridgehead atoms. The van der Waals surface area contributed by atoms with Crippen LogP contribution in [0.15, 0.2) is 57.9 Å². The topological polar surface area (TPSA) is 79.3 Å². The van der Waals surface area contributed by atoms with Crippen molar-refractivity contribution in [2.45, 2.75) is 38.1 Å². The molecule has 156 valence electrons. The quantitative estimate of drug-likeness (QED) is 0.459. The van der Waals surface area contributed by atoms with Gasteiger partial charge in [-0.15, -0.1) is 11.3 Å². The highest BCUT2D eigenvalue weighted by Crippen LogP contribution is 2.31. The van der Waals surface area contributed by atoms with E-state index in [1.165, 1.54) is 25.3 Å². The second kappa shape index (κ2) is 9.17. The Morgan fingerprint density at radius 3 is 2.67 bits per heavy atom. The summed E-state index contributed by atoms with van der Waals surface area (Å²) in [7, 11) is 1.65. The fourth-order valence-corrected chi connectivity index (χ4v) is 4.58. The molecule has 1 aliphatic rings. The number of para-hydroxylation sites is 2. The van der Waals surface area contributed by atoms with Crippen LogP contribution in [0.1, 0.15) is 37.7 Å². The summed E-state index contributed by atoms with van der Waals surface area (Å²) < 4.78 is 7.34. The number of nitrogens with zero attached hydrogens (tertiary/aromatic N) is 3. The van der Waals surface area contributed by atoms with Crippen molar-refractivity contribution in [3.63, 3.8) is 0 Å². The van der Waals surface area contributed by atoms with Gasteiger partial charge in [-0.1, -0.05) is 37.5 Å². The van der Waals surface area contributed by atoms with E-state index >= 15 is 0 Å². The molecule has 0 spiro atoms. The van der Waals surface area contributed by atoms with E-state index in [-0.39, 0.29) is 11.5 Å². The third-order valence-electron chi connectivity index (χ3n) is 5.29. The molecule has 0 aliphatic heterocycles. The summed E-state index contributed by atoms with van der Waals surface area (Å²) in [5, 5.41) is 26.6. The molecule has 1 fully saturated rings. The molecule has 0 radical (unpaired) electrons. The van der Waals surface area contributed by atoms with Crippen molar-refractivity contribution in [2.24, 2.45) is 10.1 Å². The smallest absolute Gasteiger partial charge is 0.206 e. The number of rotatable bonds is 5. The van der Waals surface area contributed by atoms with Crippen LogP contribution < -0.4 is 9.54 Å². The van der Waals surface area contributed by atoms with Gasteiger partial charge in [0.25, 0.3) is 0 Å². The Labute approximate surface area is 179 Å². The molecule has 0 unspecified atom stereocenters. The predicted octanol–water partition coefficient (Wildman–Crippen LogP) is 4.75. The van der Waals surface area contributed by atoms with Gasteiger partial charge >= 0.3 is 0 Å². The van der Waals surface area contributed by atoms with Crippen LogP contribution in [-0.2, 0) is 0 Å². The Bertz CT molecular complexity index is 1110. The molecular formula is C23H25N3O3S. The molecule has 1 aliphatic carbocycles. The number of phenols is 2. The zero-order valence-electron chi connectivity index (χ0n) is 16.9. The minimum atomic E-state index is -0.193. The van der Waals surface area contributed by atoms with E-state index in [0.717, 1.165) is 34.6 Å². The maximum Gasteiger partial charge on any atom is 0.206 e. The van der Waals surface area contributed by atoms with Gasteiger partial charge in [-0.25, -0.2) is 4.68 Å². The van der Waals surface area contributed by atoms with Crippen molar-refractivity contribution in [1.82, 2.24) is 4.68 Å². The Morgan fingerprint density at radius 2 is 1.87 bits per heavy atom. The fourth-order valence-electron chi connectivity index (χ4n) is 3.68. The normalized spacial score (nSPS) is 15.7. The predicted molar refractivity (Wildman–Crippen MR) is 119 cm³/mol. The largest absolute Gasteiger partial charge is 0.504 e. The second-order valence-corrected chi connectivity index (χ2v) is 8.13. The van der Waals surface area contributed by atoms with Gasteiger partial charge in [0.15, 0.2) is 11.5 Å². The van der Waals surface area contributed by atoms with E-state index in [9.17, 15) is 10.2 Å². The minimum absolute atomic E-state index is 0.175. The lowest BCUT2D eigenvalue weighted by atomic mass is 9.96. The first kappa shape index (κ1) is 20.2. The van der Waals surface area contributed by atoms with Crippen LogP contribution in [-0.4, -0.2) is 34.3 Å². The van der Waals surface area contributed by atoms with E-state index in [2.05, 4.69) is 5.10 Å². The first-order valence-electron chi connectivity index (χ1n) is 10.1. The molecule has 3 aromatic rings. The highest BCUT2D eigenvalue weighted by Gasteiger charge is 2.16. The van der Waals surface area contributed by atoms with Gasteiger partial charge < -0.3 is 14.9 Å². The van der Waals surface area contributed by atoms with E-state index in [4.69, 9.17) is 9.73 Å². The van der Waals surface area contributed by atoms with Crippen molar-refractivity contribution in [2.75, 3.05) is 7.11 Å². The third-order valence-corrected chi connectivity index (χ3v) is 6.12. The maximum absolute atomic E-state index is 10.1. The van der Waals surface area contributed by atoms with Crippen LogP contribution in [0.25, 0.3) is 11.3 Å². The van der Waals surface area contributed by atoms with Gasteiger partial charge in [0.05, 0.1) is 25.1 Å². The maximum atomic E-state index is 10.1. The summed E-state index contributed by atoms with van der Waals surface area (Å²) in [6.07, 6.45) is 7.43. The fraction of sp³-hybridized carbons (Fsp3) is 0.304. The molecule has 6 nitrogen and oxygen atoms in total. The zero-order valence-corrected chi connectivity index (χ0v) is 17.7. The Hall–Kier alpha value is -3.06. The molecule has 0 saturated heterocycles. The number of aromatic nitrogens is 1. The minimum Gasteiger partial charge on any atom is -0.504 e. The lowest BCUT2D eigenvalue weighted by Gasteiger charge is -2.17. The summed E-state index contributed by atoms with van der Waals surface area (Å²) in [5.41, 5.74) is 2.21. The SMILES string of the molecule is COc1ccccc1-c1csc(=NC2CCCCC2)n1N=Cc1cccc(O)c1O. The molecule has 2 aromatic carbocycles. The van der Waals surface area contributed by atoms with Crippen molar-refractivity contribution < 1.29 is 14.9 Å². The Morgan fingerprint density at radius 1 is 1.07 bits per heavy atom. The number of phenolic OH excluding ortho intramolecular Hbond substituents is 2. The first-order valence-corrected chi connectivity index (χ1v) is 11.0. The molecule has 7 heteroatoms. The van der Waals surface area contributed by atoms with E-state index < -0.39 is 0 Å². The average Bonchev–Trinajstić information content (AvgIpc) is 3.17. The van der Waals surface area contributed by atoms with E-state index in [1.54, 1.807) is 41.5 Å². The molecule has 1 heterocycles. The first-order chi connectivity index (χ1) is 14.7. The number of benzene rings is 2.